The quantitative estimate of drug-likeness (QED) is 0.771. The van der Waals surface area contributed by atoms with Gasteiger partial charge in [0.1, 0.15) is 5.02 Å². The van der Waals surface area contributed by atoms with Crippen molar-refractivity contribution in [3.8, 4) is 0 Å². The molecular formula is C13H17ClN4. The fourth-order valence-corrected chi connectivity index (χ4v) is 1.36. The first kappa shape index (κ1) is 14.3. The van der Waals surface area contributed by atoms with Gasteiger partial charge in [0, 0.05) is 11.7 Å². The van der Waals surface area contributed by atoms with E-state index in [2.05, 4.69) is 33.8 Å². The van der Waals surface area contributed by atoms with E-state index in [0.717, 1.165) is 5.70 Å². The summed E-state index contributed by atoms with van der Waals surface area (Å²) in [5.74, 6) is 1.06. The van der Waals surface area contributed by atoms with Crippen LogP contribution >= 0.6 is 11.6 Å². The van der Waals surface area contributed by atoms with Crippen LogP contribution in [0.3, 0.4) is 0 Å². The molecule has 1 aromatic heterocycles. The molecule has 0 aliphatic carbocycles. The third-order valence-electron chi connectivity index (χ3n) is 1.94. The van der Waals surface area contributed by atoms with Crippen LogP contribution < -0.4 is 10.6 Å². The maximum absolute atomic E-state index is 6.01. The first-order valence-electron chi connectivity index (χ1n) is 5.58. The number of rotatable bonds is 6. The molecule has 0 aliphatic heterocycles. The molecule has 4 nitrogen and oxygen atoms in total. The molecule has 0 spiro atoms. The number of aromatic nitrogens is 2. The summed E-state index contributed by atoms with van der Waals surface area (Å²) in [6.45, 7) is 11.3. The van der Waals surface area contributed by atoms with Gasteiger partial charge >= 0.3 is 0 Å². The number of nitrogens with zero attached hydrogens (tertiary/aromatic N) is 2. The van der Waals surface area contributed by atoms with Crippen LogP contribution in [0.5, 0.6) is 0 Å². The van der Waals surface area contributed by atoms with E-state index in [9.17, 15) is 0 Å². The van der Waals surface area contributed by atoms with E-state index in [1.165, 1.54) is 0 Å². The first-order chi connectivity index (χ1) is 8.56. The Hall–Kier alpha value is -1.81. The zero-order valence-electron chi connectivity index (χ0n) is 10.6. The summed E-state index contributed by atoms with van der Waals surface area (Å²) in [6.07, 6.45) is 6.65. The van der Waals surface area contributed by atoms with E-state index in [-0.39, 0.29) is 6.04 Å². The average Bonchev–Trinajstić information content (AvgIpc) is 2.32. The molecule has 0 aliphatic rings. The van der Waals surface area contributed by atoms with Gasteiger partial charge in [-0.25, -0.2) is 4.98 Å². The Bertz CT molecular complexity index is 466. The minimum absolute atomic E-state index is 0.243. The molecule has 0 unspecified atom stereocenters. The lowest BCUT2D eigenvalue weighted by Gasteiger charge is -2.12. The maximum Gasteiger partial charge on any atom is 0.229 e. The molecule has 0 bridgehead atoms. The van der Waals surface area contributed by atoms with Crippen molar-refractivity contribution in [2.45, 2.75) is 19.9 Å². The van der Waals surface area contributed by atoms with Gasteiger partial charge in [-0.05, 0) is 26.0 Å². The average molecular weight is 265 g/mol. The second-order valence-corrected chi connectivity index (χ2v) is 4.28. The molecule has 5 heteroatoms. The van der Waals surface area contributed by atoms with Gasteiger partial charge in [0.2, 0.25) is 5.95 Å². The highest BCUT2D eigenvalue weighted by atomic mass is 35.5. The third-order valence-corrected chi connectivity index (χ3v) is 2.22. The van der Waals surface area contributed by atoms with Gasteiger partial charge in [-0.2, -0.15) is 4.98 Å². The van der Waals surface area contributed by atoms with E-state index < -0.39 is 0 Å². The molecule has 0 fully saturated rings. The summed E-state index contributed by atoms with van der Waals surface area (Å²) in [6, 6.07) is 0.243. The predicted octanol–water partition coefficient (Wildman–Crippen LogP) is 3.62. The number of hydrogen-bond donors (Lipinski definition) is 2. The summed E-state index contributed by atoms with van der Waals surface area (Å²) >= 11 is 6.01. The van der Waals surface area contributed by atoms with Crippen molar-refractivity contribution < 1.29 is 0 Å². The van der Waals surface area contributed by atoms with Gasteiger partial charge < -0.3 is 10.6 Å². The van der Waals surface area contributed by atoms with Crippen LogP contribution in [-0.4, -0.2) is 16.0 Å². The van der Waals surface area contributed by atoms with Crippen LogP contribution in [0.25, 0.3) is 0 Å². The number of halogens is 1. The topological polar surface area (TPSA) is 49.8 Å². The molecule has 0 amide bonds. The van der Waals surface area contributed by atoms with Crippen LogP contribution in [-0.2, 0) is 0 Å². The molecule has 0 atom stereocenters. The Morgan fingerprint density at radius 2 is 2.17 bits per heavy atom. The maximum atomic E-state index is 6.01. The Morgan fingerprint density at radius 1 is 1.44 bits per heavy atom. The third kappa shape index (κ3) is 4.22. The Labute approximate surface area is 112 Å². The molecule has 0 saturated carbocycles. The molecule has 0 radical (unpaired) electrons. The van der Waals surface area contributed by atoms with Gasteiger partial charge in [-0.1, -0.05) is 30.8 Å². The number of allylic oxidation sites excluding steroid dienone is 3. The van der Waals surface area contributed by atoms with E-state index in [1.807, 2.05) is 13.8 Å². The molecule has 18 heavy (non-hydrogen) atoms. The zero-order valence-corrected chi connectivity index (χ0v) is 11.3. The monoisotopic (exact) mass is 264 g/mol. The van der Waals surface area contributed by atoms with Crippen LogP contribution in [0.4, 0.5) is 11.8 Å². The van der Waals surface area contributed by atoms with Gasteiger partial charge in [0.05, 0.1) is 6.20 Å². The number of hydrogen-bond acceptors (Lipinski definition) is 4. The Morgan fingerprint density at radius 3 is 2.72 bits per heavy atom. The van der Waals surface area contributed by atoms with E-state index >= 15 is 0 Å². The van der Waals surface area contributed by atoms with Crippen LogP contribution in [0, 0.1) is 0 Å². The fourth-order valence-electron chi connectivity index (χ4n) is 1.22. The van der Waals surface area contributed by atoms with Crippen molar-refractivity contribution in [3.05, 3.63) is 48.3 Å². The van der Waals surface area contributed by atoms with E-state index in [1.54, 1.807) is 24.4 Å². The highest BCUT2D eigenvalue weighted by Crippen LogP contribution is 2.20. The van der Waals surface area contributed by atoms with Crippen molar-refractivity contribution in [1.82, 2.24) is 9.97 Å². The van der Waals surface area contributed by atoms with Crippen LogP contribution in [0.2, 0.25) is 5.02 Å². The van der Waals surface area contributed by atoms with Crippen molar-refractivity contribution >= 4 is 23.4 Å². The first-order valence-corrected chi connectivity index (χ1v) is 5.96. The van der Waals surface area contributed by atoms with Crippen LogP contribution in [0.15, 0.2) is 43.3 Å². The predicted molar refractivity (Wildman–Crippen MR) is 77.9 cm³/mol. The molecule has 1 aromatic rings. The molecule has 96 valence electrons. The fraction of sp³-hybridized carbons (Fsp3) is 0.231. The van der Waals surface area contributed by atoms with Crippen LogP contribution in [0.1, 0.15) is 13.8 Å². The SMILES string of the molecule is C=C/C=C(\C=C)Nc1ncc(Cl)c(NC(C)C)n1. The molecular weight excluding hydrogens is 248 g/mol. The highest BCUT2D eigenvalue weighted by Gasteiger charge is 2.06. The van der Waals surface area contributed by atoms with Crippen molar-refractivity contribution in [1.29, 1.82) is 0 Å². The minimum atomic E-state index is 0.243. The molecule has 1 heterocycles. The summed E-state index contributed by atoms with van der Waals surface area (Å²) in [5, 5.41) is 6.66. The highest BCUT2D eigenvalue weighted by molar-refractivity contribution is 6.32. The Balaban J connectivity index is 2.94. The lowest BCUT2D eigenvalue weighted by atomic mass is 10.4. The molecule has 0 aromatic carbocycles. The zero-order chi connectivity index (χ0) is 13.5. The summed E-state index contributed by atoms with van der Waals surface area (Å²) < 4.78 is 0. The van der Waals surface area contributed by atoms with Crippen molar-refractivity contribution in [2.24, 2.45) is 0 Å². The molecule has 0 saturated heterocycles. The normalized spacial score (nSPS) is 11.2. The Kier molecular flexibility index (Phi) is 5.39. The van der Waals surface area contributed by atoms with Gasteiger partial charge in [0.25, 0.3) is 0 Å². The second kappa shape index (κ2) is 6.81. The molecule has 1 rings (SSSR count). The van der Waals surface area contributed by atoms with E-state index in [4.69, 9.17) is 11.6 Å². The van der Waals surface area contributed by atoms with E-state index in [0.29, 0.717) is 16.8 Å². The molecule has 2 N–H and O–H groups in total. The van der Waals surface area contributed by atoms with Gasteiger partial charge in [-0.15, -0.1) is 0 Å². The smallest absolute Gasteiger partial charge is 0.229 e. The number of nitrogens with one attached hydrogen (secondary N) is 2. The summed E-state index contributed by atoms with van der Waals surface area (Å²) in [4.78, 5) is 8.39. The standard InChI is InChI=1S/C13H17ClN4/c1-5-7-10(6-2)17-13-15-8-11(14)12(18-13)16-9(3)4/h5-9H,1-2H2,3-4H3,(H2,15,16,17,18)/b10-7+. The van der Waals surface area contributed by atoms with Crippen molar-refractivity contribution in [3.63, 3.8) is 0 Å². The summed E-state index contributed by atoms with van der Waals surface area (Å²) in [5.41, 5.74) is 0.766. The second-order valence-electron chi connectivity index (χ2n) is 3.88. The lowest BCUT2D eigenvalue weighted by Crippen LogP contribution is -2.13. The minimum Gasteiger partial charge on any atom is -0.366 e. The van der Waals surface area contributed by atoms with Gasteiger partial charge in [0.15, 0.2) is 5.82 Å². The number of anilines is 2. The van der Waals surface area contributed by atoms with Crippen molar-refractivity contribution in [2.75, 3.05) is 10.6 Å². The summed E-state index contributed by atoms with van der Waals surface area (Å²) in [7, 11) is 0. The van der Waals surface area contributed by atoms with Gasteiger partial charge in [-0.3, -0.25) is 0 Å². The lowest BCUT2D eigenvalue weighted by molar-refractivity contribution is 0.887. The largest absolute Gasteiger partial charge is 0.366 e.